The highest BCUT2D eigenvalue weighted by Gasteiger charge is 2.32. The standard InChI is InChI=1S/C25H32N4O2/c1-16-20(23(26)31)10-11-21(28-16)19-8-6-17(7-9-19)15-27-22(30)12-18-13-24(2,3)29-25(4,5)14-18/h6-11,13,29H,12,14-15H2,1-5H3,(H2,26,31)(H,27,30). The van der Waals surface area contributed by atoms with Gasteiger partial charge in [0.2, 0.25) is 5.91 Å². The second-order valence-corrected chi connectivity index (χ2v) is 9.55. The molecule has 0 spiro atoms. The van der Waals surface area contributed by atoms with Crippen LogP contribution in [0.2, 0.25) is 0 Å². The average Bonchev–Trinajstić information content (AvgIpc) is 2.64. The maximum atomic E-state index is 12.5. The Morgan fingerprint density at radius 3 is 2.35 bits per heavy atom. The molecule has 0 bridgehead atoms. The molecule has 3 rings (SSSR count). The summed E-state index contributed by atoms with van der Waals surface area (Å²) in [7, 11) is 0. The third-order valence-corrected chi connectivity index (χ3v) is 5.37. The molecule has 0 saturated carbocycles. The number of nitrogens with two attached hydrogens (primary N) is 1. The molecule has 0 fully saturated rings. The number of amides is 2. The number of pyridine rings is 1. The topological polar surface area (TPSA) is 97.1 Å². The molecule has 4 N–H and O–H groups in total. The van der Waals surface area contributed by atoms with Crippen molar-refractivity contribution in [2.45, 2.75) is 65.1 Å². The van der Waals surface area contributed by atoms with E-state index >= 15 is 0 Å². The normalized spacial score (nSPS) is 17.0. The Bertz CT molecular complexity index is 1020. The summed E-state index contributed by atoms with van der Waals surface area (Å²) in [6.45, 7) is 10.8. The van der Waals surface area contributed by atoms with Crippen LogP contribution < -0.4 is 16.4 Å². The van der Waals surface area contributed by atoms with E-state index in [1.165, 1.54) is 5.57 Å². The number of carbonyl (C=O) groups excluding carboxylic acids is 2. The summed E-state index contributed by atoms with van der Waals surface area (Å²) in [5, 5.41) is 6.61. The molecule has 6 heteroatoms. The first-order valence-electron chi connectivity index (χ1n) is 10.6. The van der Waals surface area contributed by atoms with Gasteiger partial charge in [-0.1, -0.05) is 35.9 Å². The number of benzene rings is 1. The number of aryl methyl sites for hydroxylation is 1. The second-order valence-electron chi connectivity index (χ2n) is 9.55. The largest absolute Gasteiger partial charge is 0.366 e. The summed E-state index contributed by atoms with van der Waals surface area (Å²) in [5.41, 5.74) is 10.2. The Morgan fingerprint density at radius 2 is 1.77 bits per heavy atom. The van der Waals surface area contributed by atoms with Crippen LogP contribution >= 0.6 is 0 Å². The monoisotopic (exact) mass is 420 g/mol. The highest BCUT2D eigenvalue weighted by molar-refractivity contribution is 5.94. The van der Waals surface area contributed by atoms with Crippen molar-refractivity contribution < 1.29 is 9.59 Å². The Balaban J connectivity index is 1.59. The van der Waals surface area contributed by atoms with E-state index in [1.807, 2.05) is 24.3 Å². The van der Waals surface area contributed by atoms with Crippen LogP contribution in [0.15, 0.2) is 48.0 Å². The molecule has 6 nitrogen and oxygen atoms in total. The number of rotatable bonds is 6. The average molecular weight is 421 g/mol. The van der Waals surface area contributed by atoms with Gasteiger partial charge in [0, 0.05) is 29.6 Å². The van der Waals surface area contributed by atoms with Gasteiger partial charge >= 0.3 is 0 Å². The van der Waals surface area contributed by atoms with E-state index < -0.39 is 5.91 Å². The van der Waals surface area contributed by atoms with Gasteiger partial charge in [0.15, 0.2) is 0 Å². The van der Waals surface area contributed by atoms with Crippen LogP contribution in [0.4, 0.5) is 0 Å². The number of hydrogen-bond donors (Lipinski definition) is 3. The molecule has 164 valence electrons. The first-order valence-corrected chi connectivity index (χ1v) is 10.6. The van der Waals surface area contributed by atoms with Crippen LogP contribution in [0.3, 0.4) is 0 Å². The Labute approximate surface area is 184 Å². The molecule has 1 aromatic heterocycles. The highest BCUT2D eigenvalue weighted by Crippen LogP contribution is 2.29. The molecular weight excluding hydrogens is 388 g/mol. The van der Waals surface area contributed by atoms with Crippen molar-refractivity contribution in [1.82, 2.24) is 15.6 Å². The van der Waals surface area contributed by atoms with Crippen molar-refractivity contribution in [3.8, 4) is 11.3 Å². The Kier molecular flexibility index (Phi) is 6.32. The summed E-state index contributed by atoms with van der Waals surface area (Å²) in [6, 6.07) is 11.4. The van der Waals surface area contributed by atoms with Gasteiger partial charge in [-0.05, 0) is 58.7 Å². The summed E-state index contributed by atoms with van der Waals surface area (Å²) in [5.74, 6) is -0.446. The first kappa shape index (κ1) is 22.7. The van der Waals surface area contributed by atoms with Crippen molar-refractivity contribution in [2.24, 2.45) is 5.73 Å². The summed E-state index contributed by atoms with van der Waals surface area (Å²) >= 11 is 0. The maximum Gasteiger partial charge on any atom is 0.250 e. The minimum absolute atomic E-state index is 0.0221. The Morgan fingerprint density at radius 1 is 1.10 bits per heavy atom. The number of primary amides is 1. The molecule has 1 aromatic carbocycles. The SMILES string of the molecule is Cc1nc(-c2ccc(CNC(=O)CC3=CC(C)(C)NC(C)(C)C3)cc2)ccc1C(N)=O. The molecule has 1 aliphatic rings. The first-order chi connectivity index (χ1) is 14.4. The lowest BCUT2D eigenvalue weighted by Crippen LogP contribution is -2.54. The molecule has 2 aromatic rings. The van der Waals surface area contributed by atoms with Crippen LogP contribution in [0, 0.1) is 6.92 Å². The fourth-order valence-corrected chi connectivity index (χ4v) is 4.44. The van der Waals surface area contributed by atoms with Crippen molar-refractivity contribution >= 4 is 11.8 Å². The number of aromatic nitrogens is 1. The minimum atomic E-state index is -0.477. The summed E-state index contributed by atoms with van der Waals surface area (Å²) in [6.07, 6.45) is 3.45. The van der Waals surface area contributed by atoms with Crippen molar-refractivity contribution in [3.63, 3.8) is 0 Å². The third kappa shape index (κ3) is 6.01. The van der Waals surface area contributed by atoms with Gasteiger partial charge in [0.1, 0.15) is 0 Å². The van der Waals surface area contributed by atoms with Crippen molar-refractivity contribution in [1.29, 1.82) is 0 Å². The molecule has 0 atom stereocenters. The molecule has 31 heavy (non-hydrogen) atoms. The van der Waals surface area contributed by atoms with Crippen LogP contribution in [-0.4, -0.2) is 27.9 Å². The molecule has 0 saturated heterocycles. The van der Waals surface area contributed by atoms with E-state index in [-0.39, 0.29) is 17.0 Å². The summed E-state index contributed by atoms with van der Waals surface area (Å²) < 4.78 is 0. The van der Waals surface area contributed by atoms with E-state index in [0.717, 1.165) is 23.2 Å². The highest BCUT2D eigenvalue weighted by atomic mass is 16.1. The van der Waals surface area contributed by atoms with Gasteiger partial charge in [-0.2, -0.15) is 0 Å². The van der Waals surface area contributed by atoms with Gasteiger partial charge in [-0.15, -0.1) is 0 Å². The smallest absolute Gasteiger partial charge is 0.250 e. The van der Waals surface area contributed by atoms with Crippen LogP contribution in [0.5, 0.6) is 0 Å². The van der Waals surface area contributed by atoms with E-state index in [0.29, 0.717) is 24.2 Å². The molecule has 2 heterocycles. The second kappa shape index (κ2) is 8.63. The van der Waals surface area contributed by atoms with Crippen molar-refractivity contribution in [2.75, 3.05) is 0 Å². The van der Waals surface area contributed by atoms with Gasteiger partial charge < -0.3 is 16.4 Å². The lowest BCUT2D eigenvalue weighted by Gasteiger charge is -2.41. The minimum Gasteiger partial charge on any atom is -0.366 e. The van der Waals surface area contributed by atoms with Gasteiger partial charge in [0.25, 0.3) is 5.91 Å². The number of nitrogens with zero attached hydrogens (tertiary/aromatic N) is 1. The Hall–Kier alpha value is -2.99. The van der Waals surface area contributed by atoms with E-state index in [4.69, 9.17) is 5.73 Å². The zero-order valence-corrected chi connectivity index (χ0v) is 19.0. The molecule has 2 amide bonds. The fourth-order valence-electron chi connectivity index (χ4n) is 4.44. The zero-order valence-electron chi connectivity index (χ0n) is 19.0. The van der Waals surface area contributed by atoms with E-state index in [9.17, 15) is 9.59 Å². The van der Waals surface area contributed by atoms with Crippen LogP contribution in [0.25, 0.3) is 11.3 Å². The van der Waals surface area contributed by atoms with Crippen molar-refractivity contribution in [3.05, 3.63) is 64.9 Å². The molecule has 0 radical (unpaired) electrons. The van der Waals surface area contributed by atoms with E-state index in [1.54, 1.807) is 19.1 Å². The summed E-state index contributed by atoms with van der Waals surface area (Å²) in [4.78, 5) is 28.3. The fraction of sp³-hybridized carbons (Fsp3) is 0.400. The number of nitrogens with one attached hydrogen (secondary N) is 2. The van der Waals surface area contributed by atoms with Crippen LogP contribution in [0.1, 0.15) is 62.2 Å². The maximum absolute atomic E-state index is 12.5. The predicted octanol–water partition coefficient (Wildman–Crippen LogP) is 3.64. The van der Waals surface area contributed by atoms with Gasteiger partial charge in [-0.3, -0.25) is 14.6 Å². The number of carbonyl (C=O) groups is 2. The van der Waals surface area contributed by atoms with Crippen LogP contribution in [-0.2, 0) is 11.3 Å². The molecular formula is C25H32N4O2. The van der Waals surface area contributed by atoms with Gasteiger partial charge in [-0.25, -0.2) is 0 Å². The van der Waals surface area contributed by atoms with Gasteiger partial charge in [0.05, 0.1) is 17.0 Å². The lowest BCUT2D eigenvalue weighted by molar-refractivity contribution is -0.120. The zero-order chi connectivity index (χ0) is 22.8. The van der Waals surface area contributed by atoms with E-state index in [2.05, 4.69) is 49.4 Å². The lowest BCUT2D eigenvalue weighted by atomic mass is 9.82. The molecule has 0 unspecified atom stereocenters. The quantitative estimate of drug-likeness (QED) is 0.622. The molecule has 1 aliphatic heterocycles. The predicted molar refractivity (Wildman–Crippen MR) is 123 cm³/mol. The molecule has 0 aliphatic carbocycles. The third-order valence-electron chi connectivity index (χ3n) is 5.37. The number of hydrogen-bond acceptors (Lipinski definition) is 4.